The number of carbonyl (C=O) groups excluding carboxylic acids is 2. The number of amides is 2. The molecule has 13 heterocycles. The van der Waals surface area contributed by atoms with Crippen LogP contribution in [-0.2, 0) is 40.4 Å². The second-order valence-corrected chi connectivity index (χ2v) is 41.1. The van der Waals surface area contributed by atoms with Gasteiger partial charge in [0, 0.05) is 74.1 Å². The molecule has 8 atom stereocenters. The average molecular weight is 1820 g/mol. The van der Waals surface area contributed by atoms with E-state index in [4.69, 9.17) is 32.0 Å². The summed E-state index contributed by atoms with van der Waals surface area (Å²) in [6.07, 6.45) is 43.2. The molecule has 2 aliphatic carbocycles. The van der Waals surface area contributed by atoms with E-state index in [1.165, 1.54) is 81.3 Å². The number of halogens is 2. The predicted molar refractivity (Wildman–Crippen MR) is 493 cm³/mol. The summed E-state index contributed by atoms with van der Waals surface area (Å²) in [5.41, 5.74) is 15.4. The Balaban J connectivity index is 0.000000147. The summed E-state index contributed by atoms with van der Waals surface area (Å²) in [4.78, 5) is 41.6. The maximum absolute atomic E-state index is 14.2. The normalized spacial score (nSPS) is 24.2. The van der Waals surface area contributed by atoms with Crippen LogP contribution in [-0.4, -0.2) is 92.3 Å². The number of furan rings is 2. The van der Waals surface area contributed by atoms with Gasteiger partial charge in [-0.25, -0.2) is 0 Å². The molecule has 7 aromatic rings. The molecule has 4 saturated heterocycles. The Kier molecular flexibility index (Phi) is 31.4. The summed E-state index contributed by atoms with van der Waals surface area (Å²) in [5, 5.41) is 13.4. The van der Waals surface area contributed by atoms with Crippen LogP contribution in [0.4, 0.5) is 5.69 Å². The van der Waals surface area contributed by atoms with Gasteiger partial charge in [0.2, 0.25) is 11.8 Å². The molecule has 4 aromatic carbocycles. The minimum absolute atomic E-state index is 0.0546. The minimum Gasteiger partial charge on any atom is -0.670 e. The van der Waals surface area contributed by atoms with E-state index in [-0.39, 0.29) is 40.3 Å². The topological polar surface area (TPSA) is 120 Å². The third-order valence-corrected chi connectivity index (χ3v) is 31.1. The minimum atomic E-state index is -0.850. The number of likely N-dealkylation sites (tertiary alicyclic amines) is 1. The Morgan fingerprint density at radius 2 is 1.03 bits per heavy atom. The third-order valence-electron chi connectivity index (χ3n) is 26.6. The first kappa shape index (κ1) is 91.2. The quantitative estimate of drug-likeness (QED) is 0.0796. The van der Waals surface area contributed by atoms with E-state index < -0.39 is 17.9 Å². The monoisotopic (exact) mass is 1820 g/mol. The van der Waals surface area contributed by atoms with Gasteiger partial charge < -0.3 is 28.7 Å². The summed E-state index contributed by atoms with van der Waals surface area (Å²) in [7, 11) is 0. The smallest absolute Gasteiger partial charge is 0.231 e. The van der Waals surface area contributed by atoms with Crippen LogP contribution in [0.1, 0.15) is 346 Å². The van der Waals surface area contributed by atoms with Crippen molar-refractivity contribution in [1.29, 1.82) is 0 Å². The largest absolute Gasteiger partial charge is 0.670 e. The van der Waals surface area contributed by atoms with Gasteiger partial charge in [-0.05, 0) is 232 Å². The van der Waals surface area contributed by atoms with Crippen LogP contribution in [0.25, 0.3) is 22.3 Å². The number of aromatic hydroxyl groups is 1. The van der Waals surface area contributed by atoms with Gasteiger partial charge in [0.05, 0.1) is 22.9 Å². The first-order valence-electron chi connectivity index (χ1n) is 45.6. The van der Waals surface area contributed by atoms with E-state index in [0.717, 1.165) is 182 Å². The van der Waals surface area contributed by atoms with Crippen molar-refractivity contribution in [3.05, 3.63) is 237 Å². The number of hydrogen-bond acceptors (Lipinski definition) is 8. The van der Waals surface area contributed by atoms with Gasteiger partial charge in [-0.2, -0.15) is 12.4 Å². The van der Waals surface area contributed by atoms with Crippen LogP contribution < -0.4 is 4.98 Å². The molecule has 2 amide bonds. The first-order valence-corrected chi connectivity index (χ1v) is 49.3. The number of piperidine rings is 2. The SMILES string of the molecule is C=CCCCCN1C(C=C)CC23C(=O)N4CCCC/C=C\CCc5cc(c(o5)C12)C3CC4.CC(C)(C)[CH]=[W]=[N]c1c(Cl)cccc1Cl.CC(C)c1cc(C(C)C)c(-c2cccc(-c3c(C(C)C)cc(C(C)C)cc3C(C)C)c2O)c(C(C)C)c1.O=C1N2CCCC/C=C\CCc3cc4c(o3)C3N5CCCC/C=C\C5CC13C4CC2.c1cc[n-]c1. The summed E-state index contributed by atoms with van der Waals surface area (Å²) in [6.45, 7) is 47.5. The number of rotatable bonds is 15. The summed E-state index contributed by atoms with van der Waals surface area (Å²) >= 11 is 11.2. The number of carbonyl (C=O) groups is 2. The Morgan fingerprint density at radius 3 is 1.49 bits per heavy atom. The summed E-state index contributed by atoms with van der Waals surface area (Å²) in [6, 6.07) is 30.6. The number of fused-ring (bicyclic) bond motifs is 9. The molecule has 0 radical (unpaired) electrons. The molecule has 10 aliphatic heterocycles. The number of unbranched alkanes of at least 4 members (excludes halogenated alkanes) is 2. The number of para-hydroxylation sites is 1. The van der Waals surface area contributed by atoms with Crippen molar-refractivity contribution in [1.82, 2.24) is 24.6 Å². The third kappa shape index (κ3) is 20.1. The zero-order valence-electron chi connectivity index (χ0n) is 74.6. The van der Waals surface area contributed by atoms with Gasteiger partial charge in [0.15, 0.2) is 0 Å². The number of hydrogen-bond donors (Lipinski definition) is 1. The van der Waals surface area contributed by atoms with Gasteiger partial charge in [-0.1, -0.05) is 186 Å². The van der Waals surface area contributed by atoms with Crippen molar-refractivity contribution in [2.24, 2.45) is 19.7 Å². The molecule has 14 heteroatoms. The second kappa shape index (κ2) is 41.0. The van der Waals surface area contributed by atoms with Crippen molar-refractivity contribution in [3.8, 4) is 28.0 Å². The second-order valence-electron chi connectivity index (χ2n) is 38.1. The van der Waals surface area contributed by atoms with Gasteiger partial charge in [-0.15, -0.1) is 13.2 Å². The van der Waals surface area contributed by atoms with Gasteiger partial charge in [0.25, 0.3) is 0 Å². The maximum Gasteiger partial charge on any atom is 0.231 e. The number of allylic oxidation sites excluding steroid dienone is 6. The average Bonchev–Trinajstić information content (AvgIpc) is 1.52. The molecule has 2 spiro atoms. The molecule has 12 bridgehead atoms. The Hall–Kier alpha value is -6.98. The molecule has 1 N–H and O–H groups in total. The molecule has 119 heavy (non-hydrogen) atoms. The standard InChI is InChI=1S/C36H50O.C28H38N2O2.C26H34N2O2.C6H3Cl2N.C5H10.C4H4N.W/c1-20(2)26-16-30(22(5)6)34(31(17-26)23(7)8)28-14-13-15-29(36(28)37)35-32(24(9)10)18-27(21(3)4)19-33(35)25(11)12;1-3-5-6-13-17-30-21(4-2)20-28-24-15-18-29(27(28)31)16-12-10-8-7-9-11-14-22-19-23(24)25(32-22)26(28)30;29-25-26-18-19-11-7-4-6-10-15-28(19)24(26)23-21-17-20(30-23)12-8-3-1-2-5-9-14-27(25)16-13-22(21)26;7-4-2-1-3-5(8)6(4)9;1-5(2,3)4;1-2-4-5-3-1;/h13-25,37H,1-12H3;3-4,7,9,19,21,24,26H,1-2,5-6,8,10-18,20H2;1,3,7,11,17,19,22,24H,2,4-6,8-10,12-16,18H2;1-3H;1H,2-4H3;1-4H;/q;;;;;-1;/b;9-7-;3-1-,11-7-;;;;. The maximum atomic E-state index is 14.2. The predicted octanol–water partition coefficient (Wildman–Crippen LogP) is 27.9. The number of phenols is 1. The first-order chi connectivity index (χ1) is 57.1. The van der Waals surface area contributed by atoms with E-state index in [1.807, 2.05) is 36.4 Å². The molecule has 640 valence electrons. The van der Waals surface area contributed by atoms with Gasteiger partial charge in [-0.3, -0.25) is 19.4 Å². The van der Waals surface area contributed by atoms with Crippen molar-refractivity contribution < 1.29 is 41.4 Å². The van der Waals surface area contributed by atoms with Crippen molar-refractivity contribution in [3.63, 3.8) is 0 Å². The fourth-order valence-corrected chi connectivity index (χ4v) is 23.9. The number of benzene rings is 4. The van der Waals surface area contributed by atoms with Crippen molar-refractivity contribution >= 4 is 45.1 Å². The van der Waals surface area contributed by atoms with Crippen LogP contribution in [0.5, 0.6) is 5.75 Å². The van der Waals surface area contributed by atoms with Gasteiger partial charge in [0.1, 0.15) is 28.8 Å². The van der Waals surface area contributed by atoms with Crippen molar-refractivity contribution in [2.45, 2.75) is 304 Å². The van der Waals surface area contributed by atoms with Crippen LogP contribution >= 0.6 is 23.2 Å². The molecule has 4 fully saturated rings. The Bertz CT molecular complexity index is 4600. The van der Waals surface area contributed by atoms with Crippen LogP contribution in [0, 0.1) is 16.2 Å². The molecule has 3 aromatic heterocycles. The van der Waals surface area contributed by atoms with E-state index in [9.17, 15) is 14.7 Å². The molecule has 19 rings (SSSR count). The number of aromatic nitrogens is 1. The van der Waals surface area contributed by atoms with Crippen LogP contribution in [0.15, 0.2) is 171 Å². The number of phenolic OH excluding ortho intramolecular Hbond substituents is 1. The number of nitrogens with zero attached hydrogens (tertiary/aromatic N) is 6. The fraction of sp³-hybridized carbons (Fsp3) is 0.533. The Labute approximate surface area is 733 Å². The zero-order chi connectivity index (χ0) is 85.0. The van der Waals surface area contributed by atoms with E-state index in [1.54, 1.807) is 12.4 Å². The molecule has 12 aliphatic rings. The molecule has 8 unspecified atom stereocenters. The van der Waals surface area contributed by atoms with Crippen LogP contribution in [0.3, 0.4) is 0 Å². The van der Waals surface area contributed by atoms with Gasteiger partial charge >= 0.3 is 109 Å². The molecule has 11 nitrogen and oxygen atoms in total. The van der Waals surface area contributed by atoms with E-state index in [0.29, 0.717) is 75.1 Å². The molecular weight excluding hydrogens is 1680 g/mol. The van der Waals surface area contributed by atoms with E-state index >= 15 is 0 Å². The summed E-state index contributed by atoms with van der Waals surface area (Å²) < 4.78 is 20.0. The molecular formula is C105H139Cl2N6O5W-. The zero-order valence-corrected chi connectivity index (χ0v) is 79.0. The van der Waals surface area contributed by atoms with Crippen LogP contribution in [0.2, 0.25) is 10.0 Å². The molecule has 0 saturated carbocycles. The van der Waals surface area contributed by atoms with Crippen molar-refractivity contribution in [2.75, 3.05) is 39.3 Å². The van der Waals surface area contributed by atoms with E-state index in [2.05, 4.69) is 247 Å². The Morgan fingerprint density at radius 1 is 0.571 bits per heavy atom. The number of aryl methyl sites for hydroxylation is 2. The fourth-order valence-electron chi connectivity index (χ4n) is 20.6. The summed E-state index contributed by atoms with van der Waals surface area (Å²) in [5.74, 6) is 8.61.